The Labute approximate surface area is 171 Å². The lowest BCUT2D eigenvalue weighted by Gasteiger charge is -2.12. The lowest BCUT2D eigenvalue weighted by Crippen LogP contribution is -2.11. The monoisotopic (exact) mass is 480 g/mol. The third-order valence-electron chi connectivity index (χ3n) is 2.70. The molecule has 11 heteroatoms. The molecule has 0 heterocycles. The summed E-state index contributed by atoms with van der Waals surface area (Å²) in [7, 11) is -4.03. The highest BCUT2D eigenvalue weighted by molar-refractivity contribution is 8.42. The molecule has 0 spiro atoms. The van der Waals surface area contributed by atoms with Crippen molar-refractivity contribution in [3.05, 3.63) is 55.4 Å². The largest absolute Gasteiger partial charge is 0.225 e. The van der Waals surface area contributed by atoms with Gasteiger partial charge in [0.15, 0.2) is 0 Å². The van der Waals surface area contributed by atoms with Crippen molar-refractivity contribution in [2.45, 2.75) is 9.79 Å². The fourth-order valence-corrected chi connectivity index (χ4v) is 6.32. The molecule has 2 rings (SSSR count). The van der Waals surface area contributed by atoms with E-state index in [9.17, 15) is 12.6 Å². The van der Waals surface area contributed by atoms with E-state index in [1.54, 1.807) is 18.2 Å². The van der Waals surface area contributed by atoms with E-state index in [1.165, 1.54) is 12.1 Å². The van der Waals surface area contributed by atoms with Crippen LogP contribution in [-0.2, 0) is 21.1 Å². The minimum absolute atomic E-state index is 0.0331. The molecule has 0 N–H and O–H groups in total. The van der Waals surface area contributed by atoms with Crippen LogP contribution in [-0.4, -0.2) is 16.2 Å². The highest BCUT2D eigenvalue weighted by Gasteiger charge is 2.28. The van der Waals surface area contributed by atoms with Crippen molar-refractivity contribution in [2.24, 2.45) is 0 Å². The number of hydrogen-bond acceptors (Lipinski definition) is 4. The van der Waals surface area contributed by atoms with Crippen LogP contribution in [0.4, 0.5) is 0 Å². The quantitative estimate of drug-likeness (QED) is 0.234. The van der Waals surface area contributed by atoms with Gasteiger partial charge in [0.2, 0.25) is 13.4 Å². The fraction of sp³-hybridized carbons (Fsp3) is 0. The molecule has 0 fully saturated rings. The summed E-state index contributed by atoms with van der Waals surface area (Å²) in [6, 6.07) is 7.48. The van der Waals surface area contributed by atoms with E-state index in [0.717, 1.165) is 0 Å². The van der Waals surface area contributed by atoms with Gasteiger partial charge < -0.3 is 0 Å². The molecule has 0 aromatic heterocycles. The van der Waals surface area contributed by atoms with Gasteiger partial charge in [0.1, 0.15) is 11.3 Å². The third-order valence-corrected chi connectivity index (χ3v) is 9.67. The van der Waals surface area contributed by atoms with Crippen LogP contribution in [0.25, 0.3) is 0 Å². The predicted octanol–water partition coefficient (Wildman–Crippen LogP) is 5.82. The minimum atomic E-state index is -4.03. The van der Waals surface area contributed by atoms with Crippen molar-refractivity contribution >= 4 is 94.4 Å². The average Bonchev–Trinajstić information content (AvgIpc) is 2.59. The predicted molar refractivity (Wildman–Crippen MR) is 104 cm³/mol. The van der Waals surface area contributed by atoms with E-state index in [1.807, 2.05) is 0 Å². The molecule has 0 atom stereocenters. The van der Waals surface area contributed by atoms with Crippen LogP contribution >= 0.6 is 69.8 Å². The zero-order valence-corrected chi connectivity index (χ0v) is 17.5. The molecule has 2 aromatic carbocycles. The standard InChI is InChI=1S/C13H5Cl5O3S3/c14-7-8(15)10(17)12(11(18)9(7)16)22-13(23-19)24(20,21)6-4-2-1-3-5-6/h1-5H. The van der Waals surface area contributed by atoms with Crippen molar-refractivity contribution in [3.8, 4) is 0 Å². The van der Waals surface area contributed by atoms with Gasteiger partial charge in [-0.15, -0.1) is 0 Å². The molecular weight excluding hydrogens is 478 g/mol. The highest BCUT2D eigenvalue weighted by Crippen LogP contribution is 2.48. The first kappa shape index (κ1) is 20.4. The summed E-state index contributed by atoms with van der Waals surface area (Å²) in [5.74, 6) is 0. The van der Waals surface area contributed by atoms with Crippen LogP contribution in [0.5, 0.6) is 0 Å². The fourth-order valence-electron chi connectivity index (χ4n) is 1.57. The van der Waals surface area contributed by atoms with E-state index in [-0.39, 0.29) is 46.2 Å². The van der Waals surface area contributed by atoms with E-state index < -0.39 is 13.4 Å². The van der Waals surface area contributed by atoms with Crippen molar-refractivity contribution in [2.75, 3.05) is 0 Å². The van der Waals surface area contributed by atoms with Crippen molar-refractivity contribution < 1.29 is 12.6 Å². The maximum absolute atomic E-state index is 12.6. The Morgan fingerprint density at radius 1 is 0.792 bits per heavy atom. The van der Waals surface area contributed by atoms with Gasteiger partial charge in [-0.25, -0.2) is 12.6 Å². The van der Waals surface area contributed by atoms with Crippen LogP contribution in [0.3, 0.4) is 0 Å². The van der Waals surface area contributed by atoms with Gasteiger partial charge in [-0.3, -0.25) is 0 Å². The first-order valence-corrected chi connectivity index (χ1v) is 10.8. The number of halogens is 5. The highest BCUT2D eigenvalue weighted by atomic mass is 35.5. The summed E-state index contributed by atoms with van der Waals surface area (Å²) in [6.45, 7) is 0. The van der Waals surface area contributed by atoms with Gasteiger partial charge in [-0.2, -0.15) is 0 Å². The maximum Gasteiger partial charge on any atom is 0.225 e. The molecule has 0 amide bonds. The maximum atomic E-state index is 12.6. The number of thioether (sulfide) groups is 1. The summed E-state index contributed by atoms with van der Waals surface area (Å²) >= 11 is 30.3. The third kappa shape index (κ3) is 3.91. The zero-order valence-electron chi connectivity index (χ0n) is 11.2. The minimum Gasteiger partial charge on any atom is -0.217 e. The Morgan fingerprint density at radius 2 is 1.25 bits per heavy atom. The summed E-state index contributed by atoms with van der Waals surface area (Å²) in [6.07, 6.45) is 0. The summed E-state index contributed by atoms with van der Waals surface area (Å²) < 4.78 is 36.1. The Kier molecular flexibility index (Phi) is 6.95. The normalized spacial score (nSPS) is 11.4. The molecule has 2 aromatic rings. The molecule has 3 nitrogen and oxygen atoms in total. The van der Waals surface area contributed by atoms with Gasteiger partial charge in [0.25, 0.3) is 0 Å². The second-order valence-corrected chi connectivity index (χ2v) is 10.3. The average molecular weight is 483 g/mol. The van der Waals surface area contributed by atoms with Gasteiger partial charge in [-0.05, 0) is 12.1 Å². The molecule has 0 aliphatic carbocycles. The molecule has 0 aliphatic rings. The van der Waals surface area contributed by atoms with Gasteiger partial charge in [0.05, 0.1) is 34.9 Å². The molecule has 0 aliphatic heterocycles. The Bertz CT molecular complexity index is 926. The molecular formula is C13H5Cl5O3S3. The second-order valence-electron chi connectivity index (χ2n) is 4.15. The Hall–Kier alpha value is 0.0800. The molecule has 0 saturated carbocycles. The summed E-state index contributed by atoms with van der Waals surface area (Å²) in [5, 5.41) is -0.392. The Balaban J connectivity index is 2.57. The Morgan fingerprint density at radius 3 is 1.71 bits per heavy atom. The van der Waals surface area contributed by atoms with Gasteiger partial charge >= 0.3 is 0 Å². The lowest BCUT2D eigenvalue weighted by molar-refractivity contribution is 0.608. The van der Waals surface area contributed by atoms with Crippen LogP contribution in [0, 0.1) is 0 Å². The number of hydrogen-bond donors (Lipinski definition) is 0. The zero-order chi connectivity index (χ0) is 18.1. The van der Waals surface area contributed by atoms with Crippen LogP contribution in [0.2, 0.25) is 25.1 Å². The number of rotatable bonds is 2. The molecule has 0 bridgehead atoms. The van der Waals surface area contributed by atoms with Crippen LogP contribution in [0.15, 0.2) is 40.1 Å². The molecule has 0 radical (unpaired) electrons. The lowest BCUT2D eigenvalue weighted by atomic mass is 10.3. The summed E-state index contributed by atoms with van der Waals surface area (Å²) in [5.41, 5.74) is 0. The molecule has 0 unspecified atom stereocenters. The van der Waals surface area contributed by atoms with Crippen molar-refractivity contribution in [1.29, 1.82) is 0 Å². The van der Waals surface area contributed by atoms with Crippen LogP contribution < -0.4 is 0 Å². The van der Waals surface area contributed by atoms with Gasteiger partial charge in [0, 0.05) is 0 Å². The smallest absolute Gasteiger partial charge is 0.217 e. The van der Waals surface area contributed by atoms with E-state index >= 15 is 0 Å². The second kappa shape index (κ2) is 8.18. The van der Waals surface area contributed by atoms with E-state index in [0.29, 0.717) is 11.8 Å². The molecule has 0 saturated heterocycles. The number of benzene rings is 2. The number of sulfone groups is 1. The van der Waals surface area contributed by atoms with Gasteiger partial charge in [-0.1, -0.05) is 88.0 Å². The van der Waals surface area contributed by atoms with E-state index in [4.69, 9.17) is 58.0 Å². The first-order valence-electron chi connectivity index (χ1n) is 5.88. The topological polar surface area (TPSA) is 51.2 Å². The van der Waals surface area contributed by atoms with E-state index in [2.05, 4.69) is 0 Å². The van der Waals surface area contributed by atoms with Crippen molar-refractivity contribution in [3.63, 3.8) is 0 Å². The molecule has 24 heavy (non-hydrogen) atoms. The summed E-state index contributed by atoms with van der Waals surface area (Å²) in [4.78, 5) is 0.00448. The molecule has 128 valence electrons. The SMILES string of the molecule is O=S=C(Sc1c(Cl)c(Cl)c(Cl)c(Cl)c1Cl)S(=O)(=O)c1ccccc1. The first-order chi connectivity index (χ1) is 11.2. The van der Waals surface area contributed by atoms with Crippen LogP contribution in [0.1, 0.15) is 0 Å². The van der Waals surface area contributed by atoms with Crippen molar-refractivity contribution in [1.82, 2.24) is 0 Å².